The van der Waals surface area contributed by atoms with Crippen molar-refractivity contribution in [2.24, 2.45) is 11.8 Å². The summed E-state index contributed by atoms with van der Waals surface area (Å²) in [6, 6.07) is 10.8. The van der Waals surface area contributed by atoms with E-state index in [1.807, 2.05) is 0 Å². The molecule has 2 N–H and O–H groups in total. The van der Waals surface area contributed by atoms with Crippen LogP contribution >= 0.6 is 0 Å². The average Bonchev–Trinajstić information content (AvgIpc) is 2.38. The third kappa shape index (κ3) is 6.65. The molecule has 0 spiro atoms. The van der Waals surface area contributed by atoms with E-state index in [2.05, 4.69) is 58.0 Å². The number of rotatable bonds is 3. The SMILES string of the molecule is CC(C)C(c1ccccc1)C(C)C.[N-]=[N+](C(=O)O)C(=O)O. The summed E-state index contributed by atoms with van der Waals surface area (Å²) in [6.07, 6.45) is -3.84. The van der Waals surface area contributed by atoms with E-state index in [9.17, 15) is 9.59 Å². The van der Waals surface area contributed by atoms with Gasteiger partial charge in [0.25, 0.3) is 0 Å². The smallest absolute Gasteiger partial charge is 0.481 e. The summed E-state index contributed by atoms with van der Waals surface area (Å²) < 4.78 is -0.833. The van der Waals surface area contributed by atoms with Crippen LogP contribution in [0.25, 0.3) is 5.53 Å². The molecule has 1 aromatic carbocycles. The fraction of sp³-hybridized carbons (Fsp3) is 0.467. The van der Waals surface area contributed by atoms with Crippen molar-refractivity contribution < 1.29 is 24.5 Å². The maximum Gasteiger partial charge on any atom is 0.594 e. The Morgan fingerprint density at radius 2 is 1.33 bits per heavy atom. The Kier molecular flexibility index (Phi) is 7.89. The standard InChI is InChI=1S/C13H20.C2H2N2O4/c1-10(2)13(11(3)4)12-8-6-5-7-9-12;3-4(1(5)6)2(7)8/h5-11,13H,1-4H3;(H,5,6)(H,7,8). The number of carboxylic acid groups (broad SMARTS) is 2. The van der Waals surface area contributed by atoms with Crippen LogP contribution in [0, 0.1) is 11.8 Å². The Bertz CT molecular complexity index is 460. The highest BCUT2D eigenvalue weighted by Gasteiger charge is 2.18. The van der Waals surface area contributed by atoms with Crippen molar-refractivity contribution in [1.82, 2.24) is 0 Å². The molecule has 0 heterocycles. The molecule has 0 unspecified atom stereocenters. The third-order valence-electron chi connectivity index (χ3n) is 2.98. The number of hydrogen-bond donors (Lipinski definition) is 2. The molecule has 2 amide bonds. The first kappa shape index (κ1) is 18.8. The summed E-state index contributed by atoms with van der Waals surface area (Å²) in [6.45, 7) is 9.21. The van der Waals surface area contributed by atoms with Gasteiger partial charge in [-0.3, -0.25) is 0 Å². The zero-order valence-corrected chi connectivity index (χ0v) is 12.7. The monoisotopic (exact) mass is 294 g/mol. The Hall–Kier alpha value is -2.24. The Morgan fingerprint density at radius 3 is 1.57 bits per heavy atom. The van der Waals surface area contributed by atoms with Gasteiger partial charge in [0.15, 0.2) is 0 Å². The normalized spacial score (nSPS) is 10.2. The van der Waals surface area contributed by atoms with Crippen molar-refractivity contribution in [3.8, 4) is 0 Å². The van der Waals surface area contributed by atoms with Crippen LogP contribution in [0.4, 0.5) is 9.59 Å². The molecule has 0 saturated heterocycles. The zero-order chi connectivity index (χ0) is 16.6. The molecule has 21 heavy (non-hydrogen) atoms. The van der Waals surface area contributed by atoms with Crippen LogP contribution in [-0.2, 0) is 0 Å². The van der Waals surface area contributed by atoms with Gasteiger partial charge in [0, 0.05) is 0 Å². The highest BCUT2D eigenvalue weighted by Crippen LogP contribution is 2.31. The lowest BCUT2D eigenvalue weighted by Gasteiger charge is -2.25. The molecule has 0 atom stereocenters. The lowest BCUT2D eigenvalue weighted by atomic mass is 9.80. The number of carbonyl (C=O) groups is 2. The van der Waals surface area contributed by atoms with Gasteiger partial charge in [-0.1, -0.05) is 58.0 Å². The summed E-state index contributed by atoms with van der Waals surface area (Å²) in [5.74, 6) is 2.14. The van der Waals surface area contributed by atoms with E-state index in [0.29, 0.717) is 5.92 Å². The van der Waals surface area contributed by atoms with Crippen LogP contribution in [0.5, 0.6) is 0 Å². The zero-order valence-electron chi connectivity index (χ0n) is 12.7. The predicted octanol–water partition coefficient (Wildman–Crippen LogP) is 4.46. The van der Waals surface area contributed by atoms with Gasteiger partial charge < -0.3 is 15.7 Å². The van der Waals surface area contributed by atoms with E-state index in [1.54, 1.807) is 0 Å². The molecule has 0 aliphatic rings. The molecule has 0 aliphatic carbocycles. The molecule has 0 aliphatic heterocycles. The summed E-state index contributed by atoms with van der Waals surface area (Å²) in [7, 11) is 0. The highest BCUT2D eigenvalue weighted by molar-refractivity contribution is 5.69. The minimum atomic E-state index is -1.92. The summed E-state index contributed by atoms with van der Waals surface area (Å²) in [4.78, 5) is 18.9. The van der Waals surface area contributed by atoms with Crippen molar-refractivity contribution in [2.45, 2.75) is 33.6 Å². The van der Waals surface area contributed by atoms with Crippen LogP contribution in [0.2, 0.25) is 0 Å². The van der Waals surface area contributed by atoms with Gasteiger partial charge >= 0.3 is 12.2 Å². The fourth-order valence-corrected chi connectivity index (χ4v) is 2.30. The molecule has 0 radical (unpaired) electrons. The number of imide groups is 1. The van der Waals surface area contributed by atoms with E-state index >= 15 is 0 Å². The Labute approximate surface area is 124 Å². The second-order valence-corrected chi connectivity index (χ2v) is 5.30. The average molecular weight is 294 g/mol. The largest absolute Gasteiger partial charge is 0.594 e. The first-order chi connectivity index (χ1) is 9.68. The van der Waals surface area contributed by atoms with Crippen molar-refractivity contribution in [2.75, 3.05) is 0 Å². The second kappa shape index (κ2) is 8.84. The Morgan fingerprint density at radius 1 is 0.952 bits per heavy atom. The Balaban J connectivity index is 0.000000433. The van der Waals surface area contributed by atoms with Crippen LogP contribution in [0.3, 0.4) is 0 Å². The molecule has 1 rings (SSSR count). The van der Waals surface area contributed by atoms with Gasteiger partial charge in [0.1, 0.15) is 0 Å². The molecule has 116 valence electrons. The minimum Gasteiger partial charge on any atom is -0.481 e. The van der Waals surface area contributed by atoms with Crippen LogP contribution in [-0.4, -0.2) is 27.1 Å². The first-order valence-corrected chi connectivity index (χ1v) is 6.68. The van der Waals surface area contributed by atoms with E-state index < -0.39 is 16.9 Å². The van der Waals surface area contributed by atoms with Gasteiger partial charge in [-0.05, 0) is 23.3 Å². The first-order valence-electron chi connectivity index (χ1n) is 6.68. The van der Waals surface area contributed by atoms with E-state index in [0.717, 1.165) is 11.8 Å². The summed E-state index contributed by atoms with van der Waals surface area (Å²) in [5, 5.41) is 15.3. The van der Waals surface area contributed by atoms with Gasteiger partial charge in [-0.25, -0.2) is 0 Å². The van der Waals surface area contributed by atoms with Gasteiger partial charge in [-0.15, -0.1) is 4.70 Å². The van der Waals surface area contributed by atoms with Crippen LogP contribution < -0.4 is 0 Å². The molecule has 0 fully saturated rings. The van der Waals surface area contributed by atoms with Gasteiger partial charge in [0.05, 0.1) is 0 Å². The van der Waals surface area contributed by atoms with Gasteiger partial charge in [0.2, 0.25) is 0 Å². The lowest BCUT2D eigenvalue weighted by Crippen LogP contribution is -2.20. The van der Waals surface area contributed by atoms with Crippen LogP contribution in [0.1, 0.15) is 39.2 Å². The number of benzene rings is 1. The molecule has 1 aromatic rings. The van der Waals surface area contributed by atoms with Crippen molar-refractivity contribution in [3.05, 3.63) is 41.4 Å². The quantitative estimate of drug-likeness (QED) is 0.635. The highest BCUT2D eigenvalue weighted by atomic mass is 16.4. The number of hydrogen-bond acceptors (Lipinski definition) is 2. The number of nitrogens with zero attached hydrogens (tertiary/aromatic N) is 2. The van der Waals surface area contributed by atoms with E-state index in [1.165, 1.54) is 5.56 Å². The van der Waals surface area contributed by atoms with E-state index in [-0.39, 0.29) is 0 Å². The summed E-state index contributed by atoms with van der Waals surface area (Å²) in [5.41, 5.74) is 9.32. The van der Waals surface area contributed by atoms with Crippen molar-refractivity contribution in [3.63, 3.8) is 0 Å². The van der Waals surface area contributed by atoms with Crippen LogP contribution in [0.15, 0.2) is 30.3 Å². The minimum absolute atomic E-state index is 0.696. The molecular weight excluding hydrogens is 272 g/mol. The second-order valence-electron chi connectivity index (χ2n) is 5.30. The van der Waals surface area contributed by atoms with E-state index in [4.69, 9.17) is 15.7 Å². The van der Waals surface area contributed by atoms with Gasteiger partial charge in [-0.2, -0.15) is 9.59 Å². The lowest BCUT2D eigenvalue weighted by molar-refractivity contribution is -0.383. The fourth-order valence-electron chi connectivity index (χ4n) is 2.30. The maximum absolute atomic E-state index is 9.44. The molecule has 0 bridgehead atoms. The molecule has 6 heteroatoms. The topological polar surface area (TPSA) is 99.9 Å². The molecular formula is C15H22N2O4. The van der Waals surface area contributed by atoms with Crippen molar-refractivity contribution in [1.29, 1.82) is 0 Å². The molecule has 0 saturated carbocycles. The maximum atomic E-state index is 9.44. The predicted molar refractivity (Wildman–Crippen MR) is 78.5 cm³/mol. The van der Waals surface area contributed by atoms with Crippen molar-refractivity contribution >= 4 is 12.2 Å². The third-order valence-corrected chi connectivity index (χ3v) is 2.98. The molecule has 6 nitrogen and oxygen atoms in total. The molecule has 0 aromatic heterocycles. The summed E-state index contributed by atoms with van der Waals surface area (Å²) >= 11 is 0. The number of amides is 2.